The molecule has 0 radical (unpaired) electrons. The third-order valence-corrected chi connectivity index (χ3v) is 2.72. The quantitative estimate of drug-likeness (QED) is 0.916. The van der Waals surface area contributed by atoms with Crippen LogP contribution in [-0.4, -0.2) is 13.0 Å². The number of hydrogen-bond acceptors (Lipinski definition) is 2. The lowest BCUT2D eigenvalue weighted by Gasteiger charge is -2.09. The molecule has 0 atom stereocenters. The fourth-order valence-electron chi connectivity index (χ4n) is 1.76. The number of nitrogens with one attached hydrogen (secondary N) is 1. The first-order chi connectivity index (χ1) is 9.20. The first-order valence-electron chi connectivity index (χ1n) is 5.86. The number of rotatable bonds is 4. The smallest absolute Gasteiger partial charge is 0.251 e. The Balaban J connectivity index is 2.04. The molecule has 1 N–H and O–H groups in total. The average molecular weight is 259 g/mol. The highest BCUT2D eigenvalue weighted by Gasteiger charge is 2.07. The maximum absolute atomic E-state index is 13.0. The van der Waals surface area contributed by atoms with Crippen LogP contribution in [0.3, 0.4) is 0 Å². The van der Waals surface area contributed by atoms with E-state index in [1.165, 1.54) is 18.2 Å². The van der Waals surface area contributed by atoms with Crippen molar-refractivity contribution >= 4 is 5.91 Å². The lowest BCUT2D eigenvalue weighted by atomic mass is 10.1. The Kier molecular flexibility index (Phi) is 4.13. The van der Waals surface area contributed by atoms with Gasteiger partial charge in [-0.1, -0.05) is 24.3 Å². The summed E-state index contributed by atoms with van der Waals surface area (Å²) in [6, 6.07) is 13.0. The van der Waals surface area contributed by atoms with Gasteiger partial charge in [0.05, 0.1) is 7.11 Å². The topological polar surface area (TPSA) is 38.3 Å². The standard InChI is InChI=1S/C15H14FNO2/c1-19-14-8-3-2-5-12(14)10-17-15(18)11-6-4-7-13(16)9-11/h2-9H,10H2,1H3,(H,17,18). The van der Waals surface area contributed by atoms with E-state index in [0.29, 0.717) is 17.9 Å². The van der Waals surface area contributed by atoms with E-state index < -0.39 is 5.82 Å². The molecule has 0 unspecified atom stereocenters. The largest absolute Gasteiger partial charge is 0.496 e. The molecule has 19 heavy (non-hydrogen) atoms. The Morgan fingerprint density at radius 2 is 2.00 bits per heavy atom. The lowest BCUT2D eigenvalue weighted by Crippen LogP contribution is -2.23. The van der Waals surface area contributed by atoms with Crippen LogP contribution in [0.1, 0.15) is 15.9 Å². The Hall–Kier alpha value is -2.36. The predicted molar refractivity (Wildman–Crippen MR) is 70.6 cm³/mol. The zero-order valence-electron chi connectivity index (χ0n) is 10.5. The van der Waals surface area contributed by atoms with Gasteiger partial charge in [0.1, 0.15) is 11.6 Å². The summed E-state index contributed by atoms with van der Waals surface area (Å²) in [6.07, 6.45) is 0. The van der Waals surface area contributed by atoms with Gasteiger partial charge in [0, 0.05) is 17.7 Å². The molecule has 0 heterocycles. The second kappa shape index (κ2) is 6.00. The van der Waals surface area contributed by atoms with Gasteiger partial charge in [-0.25, -0.2) is 4.39 Å². The number of benzene rings is 2. The summed E-state index contributed by atoms with van der Waals surface area (Å²) in [4.78, 5) is 11.9. The summed E-state index contributed by atoms with van der Waals surface area (Å²) in [7, 11) is 1.58. The Labute approximate surface area is 111 Å². The van der Waals surface area contributed by atoms with E-state index in [0.717, 1.165) is 5.56 Å². The number of ether oxygens (including phenoxy) is 1. The monoisotopic (exact) mass is 259 g/mol. The van der Waals surface area contributed by atoms with Crippen LogP contribution in [0.2, 0.25) is 0 Å². The lowest BCUT2D eigenvalue weighted by molar-refractivity contribution is 0.0950. The molecule has 2 aromatic rings. The minimum atomic E-state index is -0.426. The van der Waals surface area contributed by atoms with Crippen molar-refractivity contribution in [3.8, 4) is 5.75 Å². The van der Waals surface area contributed by atoms with Crippen molar-refractivity contribution in [2.45, 2.75) is 6.54 Å². The molecule has 0 aliphatic rings. The Bertz CT molecular complexity index is 584. The summed E-state index contributed by atoms with van der Waals surface area (Å²) in [5.74, 6) is -0.0302. The maximum Gasteiger partial charge on any atom is 0.251 e. The van der Waals surface area contributed by atoms with E-state index in [1.54, 1.807) is 13.2 Å². The molecule has 0 spiro atoms. The minimum Gasteiger partial charge on any atom is -0.496 e. The molecule has 1 amide bonds. The molecular weight excluding hydrogens is 245 g/mol. The van der Waals surface area contributed by atoms with Crippen molar-refractivity contribution in [1.82, 2.24) is 5.32 Å². The fourth-order valence-corrected chi connectivity index (χ4v) is 1.76. The number of methoxy groups -OCH3 is 1. The molecule has 0 saturated carbocycles. The summed E-state index contributed by atoms with van der Waals surface area (Å²) < 4.78 is 18.2. The molecule has 0 aromatic heterocycles. The second-order valence-corrected chi connectivity index (χ2v) is 4.00. The summed E-state index contributed by atoms with van der Waals surface area (Å²) in [5.41, 5.74) is 1.17. The van der Waals surface area contributed by atoms with Crippen LogP contribution in [0.25, 0.3) is 0 Å². The summed E-state index contributed by atoms with van der Waals surface area (Å²) in [6.45, 7) is 0.333. The minimum absolute atomic E-state index is 0.301. The van der Waals surface area contributed by atoms with Gasteiger partial charge in [-0.2, -0.15) is 0 Å². The average Bonchev–Trinajstić information content (AvgIpc) is 2.45. The molecule has 4 heteroatoms. The molecular formula is C15H14FNO2. The van der Waals surface area contributed by atoms with Gasteiger partial charge in [-0.05, 0) is 24.3 Å². The molecule has 3 nitrogen and oxygen atoms in total. The third kappa shape index (κ3) is 3.31. The van der Waals surface area contributed by atoms with Crippen LogP contribution in [0, 0.1) is 5.82 Å². The Morgan fingerprint density at radius 3 is 2.74 bits per heavy atom. The number of carbonyl (C=O) groups excluding carboxylic acids is 1. The first kappa shape index (κ1) is 13.1. The van der Waals surface area contributed by atoms with E-state index >= 15 is 0 Å². The molecule has 0 aliphatic heterocycles. The number of halogens is 1. The maximum atomic E-state index is 13.0. The van der Waals surface area contributed by atoms with E-state index in [-0.39, 0.29) is 5.91 Å². The molecule has 2 aromatic carbocycles. The third-order valence-electron chi connectivity index (χ3n) is 2.72. The van der Waals surface area contributed by atoms with Gasteiger partial charge in [-0.15, -0.1) is 0 Å². The predicted octanol–water partition coefficient (Wildman–Crippen LogP) is 2.76. The molecule has 0 fully saturated rings. The van der Waals surface area contributed by atoms with Crippen molar-refractivity contribution < 1.29 is 13.9 Å². The fraction of sp³-hybridized carbons (Fsp3) is 0.133. The molecule has 2 rings (SSSR count). The first-order valence-corrected chi connectivity index (χ1v) is 5.86. The van der Waals surface area contributed by atoms with Gasteiger partial charge < -0.3 is 10.1 Å². The van der Waals surface area contributed by atoms with Crippen molar-refractivity contribution in [2.75, 3.05) is 7.11 Å². The van der Waals surface area contributed by atoms with Crippen LogP contribution in [-0.2, 0) is 6.54 Å². The van der Waals surface area contributed by atoms with Crippen molar-refractivity contribution in [2.24, 2.45) is 0 Å². The van der Waals surface area contributed by atoms with Crippen molar-refractivity contribution in [1.29, 1.82) is 0 Å². The molecule has 0 bridgehead atoms. The van der Waals surface area contributed by atoms with Gasteiger partial charge in [0.25, 0.3) is 5.91 Å². The zero-order valence-corrected chi connectivity index (χ0v) is 10.5. The SMILES string of the molecule is COc1ccccc1CNC(=O)c1cccc(F)c1. The highest BCUT2D eigenvalue weighted by atomic mass is 19.1. The van der Waals surface area contributed by atoms with Crippen LogP contribution in [0.5, 0.6) is 5.75 Å². The van der Waals surface area contributed by atoms with E-state index in [4.69, 9.17) is 4.74 Å². The highest BCUT2D eigenvalue weighted by molar-refractivity contribution is 5.94. The van der Waals surface area contributed by atoms with Crippen LogP contribution in [0.4, 0.5) is 4.39 Å². The van der Waals surface area contributed by atoms with E-state index in [9.17, 15) is 9.18 Å². The molecule has 98 valence electrons. The normalized spacial score (nSPS) is 10.0. The van der Waals surface area contributed by atoms with Gasteiger partial charge in [0.2, 0.25) is 0 Å². The van der Waals surface area contributed by atoms with Gasteiger partial charge in [0.15, 0.2) is 0 Å². The summed E-state index contributed by atoms with van der Waals surface area (Å²) in [5, 5.41) is 2.73. The number of para-hydroxylation sites is 1. The summed E-state index contributed by atoms with van der Waals surface area (Å²) >= 11 is 0. The van der Waals surface area contributed by atoms with Gasteiger partial charge in [-0.3, -0.25) is 4.79 Å². The van der Waals surface area contributed by atoms with Gasteiger partial charge >= 0.3 is 0 Å². The number of amides is 1. The van der Waals surface area contributed by atoms with Crippen LogP contribution in [0.15, 0.2) is 48.5 Å². The Morgan fingerprint density at radius 1 is 1.21 bits per heavy atom. The zero-order chi connectivity index (χ0) is 13.7. The van der Waals surface area contributed by atoms with E-state index in [2.05, 4.69) is 5.32 Å². The van der Waals surface area contributed by atoms with E-state index in [1.807, 2.05) is 24.3 Å². The van der Waals surface area contributed by atoms with Crippen LogP contribution < -0.4 is 10.1 Å². The second-order valence-electron chi connectivity index (χ2n) is 4.00. The number of hydrogen-bond donors (Lipinski definition) is 1. The van der Waals surface area contributed by atoms with Crippen molar-refractivity contribution in [3.05, 3.63) is 65.5 Å². The van der Waals surface area contributed by atoms with Crippen molar-refractivity contribution in [3.63, 3.8) is 0 Å². The number of carbonyl (C=O) groups is 1. The highest BCUT2D eigenvalue weighted by Crippen LogP contribution is 2.16. The molecule has 0 saturated heterocycles. The molecule has 0 aliphatic carbocycles. The van der Waals surface area contributed by atoms with Crippen LogP contribution >= 0.6 is 0 Å².